The van der Waals surface area contributed by atoms with Gasteiger partial charge >= 0.3 is 0 Å². The van der Waals surface area contributed by atoms with Gasteiger partial charge in [-0.05, 0) is 24.3 Å². The number of aromatic nitrogens is 4. The molecule has 0 spiro atoms. The molecule has 0 amide bonds. The normalized spacial score (nSPS) is 10.6. The summed E-state index contributed by atoms with van der Waals surface area (Å²) in [5.74, 6) is 0.747. The number of aromatic amines is 1. The van der Waals surface area contributed by atoms with Crippen molar-refractivity contribution in [1.82, 2.24) is 20.2 Å². The summed E-state index contributed by atoms with van der Waals surface area (Å²) < 4.78 is 0. The third-order valence-corrected chi connectivity index (χ3v) is 2.89. The van der Waals surface area contributed by atoms with E-state index in [0.29, 0.717) is 0 Å². The standard InChI is InChI=1S/C13H14N6/c1-19(2)10-5-3-9(4-6-10)17-12-11-7-16-18-13(11)15-8-14-12/h3-8H,1-2H3,(H2,14,15,16,17,18). The van der Waals surface area contributed by atoms with Crippen LogP contribution in [0, 0.1) is 0 Å². The second-order valence-electron chi connectivity index (χ2n) is 4.42. The fourth-order valence-corrected chi connectivity index (χ4v) is 1.84. The molecular weight excluding hydrogens is 240 g/mol. The van der Waals surface area contributed by atoms with Gasteiger partial charge in [0.2, 0.25) is 0 Å². The lowest BCUT2D eigenvalue weighted by Crippen LogP contribution is -2.08. The monoisotopic (exact) mass is 254 g/mol. The van der Waals surface area contributed by atoms with E-state index in [2.05, 4.69) is 42.5 Å². The summed E-state index contributed by atoms with van der Waals surface area (Å²) in [6, 6.07) is 8.14. The molecule has 96 valence electrons. The van der Waals surface area contributed by atoms with Gasteiger partial charge in [-0.1, -0.05) is 0 Å². The predicted molar refractivity (Wildman–Crippen MR) is 75.7 cm³/mol. The van der Waals surface area contributed by atoms with E-state index in [-0.39, 0.29) is 0 Å². The fourth-order valence-electron chi connectivity index (χ4n) is 1.84. The Morgan fingerprint density at radius 1 is 1.11 bits per heavy atom. The molecular formula is C13H14N6. The Morgan fingerprint density at radius 2 is 1.89 bits per heavy atom. The maximum absolute atomic E-state index is 4.24. The van der Waals surface area contributed by atoms with E-state index in [1.165, 1.54) is 6.33 Å². The van der Waals surface area contributed by atoms with Crippen molar-refractivity contribution in [3.63, 3.8) is 0 Å². The maximum atomic E-state index is 4.24. The molecule has 0 aliphatic carbocycles. The van der Waals surface area contributed by atoms with Crippen molar-refractivity contribution in [1.29, 1.82) is 0 Å². The molecule has 2 aromatic heterocycles. The highest BCUT2D eigenvalue weighted by molar-refractivity contribution is 5.87. The summed E-state index contributed by atoms with van der Waals surface area (Å²) in [7, 11) is 4.03. The van der Waals surface area contributed by atoms with Crippen molar-refractivity contribution in [2.45, 2.75) is 0 Å². The number of hydrogen-bond acceptors (Lipinski definition) is 5. The van der Waals surface area contributed by atoms with Crippen molar-refractivity contribution in [3.8, 4) is 0 Å². The first-order valence-electron chi connectivity index (χ1n) is 5.92. The van der Waals surface area contributed by atoms with E-state index in [0.717, 1.165) is 28.2 Å². The van der Waals surface area contributed by atoms with E-state index in [9.17, 15) is 0 Å². The number of fused-ring (bicyclic) bond motifs is 1. The molecule has 0 saturated heterocycles. The first-order valence-corrected chi connectivity index (χ1v) is 5.92. The Bertz CT molecular complexity index is 686. The van der Waals surface area contributed by atoms with Crippen LogP contribution in [0.15, 0.2) is 36.8 Å². The summed E-state index contributed by atoms with van der Waals surface area (Å²) >= 11 is 0. The third kappa shape index (κ3) is 2.20. The van der Waals surface area contributed by atoms with Crippen LogP contribution in [0.5, 0.6) is 0 Å². The molecule has 2 heterocycles. The second kappa shape index (κ2) is 4.56. The maximum Gasteiger partial charge on any atom is 0.160 e. The highest BCUT2D eigenvalue weighted by Crippen LogP contribution is 2.22. The predicted octanol–water partition coefficient (Wildman–Crippen LogP) is 2.16. The van der Waals surface area contributed by atoms with Gasteiger partial charge in [-0.15, -0.1) is 0 Å². The van der Waals surface area contributed by atoms with Gasteiger partial charge < -0.3 is 10.2 Å². The lowest BCUT2D eigenvalue weighted by atomic mass is 10.2. The second-order valence-corrected chi connectivity index (χ2v) is 4.42. The third-order valence-electron chi connectivity index (χ3n) is 2.89. The molecule has 6 heteroatoms. The SMILES string of the molecule is CN(C)c1ccc(Nc2ncnc3[nH]ncc23)cc1. The minimum atomic E-state index is 0.724. The van der Waals surface area contributed by atoms with Gasteiger partial charge in [0.05, 0.1) is 11.6 Å². The van der Waals surface area contributed by atoms with E-state index in [1.54, 1.807) is 6.20 Å². The Labute approximate surface area is 110 Å². The van der Waals surface area contributed by atoms with E-state index >= 15 is 0 Å². The Hall–Kier alpha value is -2.63. The average Bonchev–Trinajstić information content (AvgIpc) is 2.89. The van der Waals surface area contributed by atoms with E-state index in [1.807, 2.05) is 26.2 Å². The highest BCUT2D eigenvalue weighted by atomic mass is 15.2. The van der Waals surface area contributed by atoms with Gasteiger partial charge in [0.15, 0.2) is 5.65 Å². The molecule has 0 saturated carbocycles. The number of benzene rings is 1. The zero-order valence-electron chi connectivity index (χ0n) is 10.8. The molecule has 1 aromatic carbocycles. The first kappa shape index (κ1) is 11.5. The quantitative estimate of drug-likeness (QED) is 0.749. The Morgan fingerprint density at radius 3 is 2.63 bits per heavy atom. The van der Waals surface area contributed by atoms with Gasteiger partial charge in [0.1, 0.15) is 12.1 Å². The molecule has 0 fully saturated rings. The molecule has 0 bridgehead atoms. The van der Waals surface area contributed by atoms with Crippen molar-refractivity contribution in [2.75, 3.05) is 24.3 Å². The van der Waals surface area contributed by atoms with Gasteiger partial charge in [-0.3, -0.25) is 5.10 Å². The molecule has 2 N–H and O–H groups in total. The molecule has 6 nitrogen and oxygen atoms in total. The summed E-state index contributed by atoms with van der Waals surface area (Å²) in [4.78, 5) is 10.4. The van der Waals surface area contributed by atoms with Crippen LogP contribution in [-0.4, -0.2) is 34.3 Å². The molecule has 0 aliphatic heterocycles. The van der Waals surface area contributed by atoms with Crippen LogP contribution < -0.4 is 10.2 Å². The largest absolute Gasteiger partial charge is 0.378 e. The summed E-state index contributed by atoms with van der Waals surface area (Å²) in [6.07, 6.45) is 3.23. The van der Waals surface area contributed by atoms with Crippen molar-refractivity contribution in [2.24, 2.45) is 0 Å². The van der Waals surface area contributed by atoms with Gasteiger partial charge in [0, 0.05) is 25.5 Å². The van der Waals surface area contributed by atoms with Crippen LogP contribution in [-0.2, 0) is 0 Å². The zero-order valence-corrected chi connectivity index (χ0v) is 10.8. The number of hydrogen-bond donors (Lipinski definition) is 2. The minimum absolute atomic E-state index is 0.724. The Balaban J connectivity index is 1.90. The lowest BCUT2D eigenvalue weighted by molar-refractivity contribution is 1.09. The van der Waals surface area contributed by atoms with E-state index in [4.69, 9.17) is 0 Å². The summed E-state index contributed by atoms with van der Waals surface area (Å²) in [5.41, 5.74) is 2.86. The zero-order chi connectivity index (χ0) is 13.2. The van der Waals surface area contributed by atoms with Crippen molar-refractivity contribution < 1.29 is 0 Å². The number of nitrogens with one attached hydrogen (secondary N) is 2. The van der Waals surface area contributed by atoms with E-state index < -0.39 is 0 Å². The van der Waals surface area contributed by atoms with Crippen LogP contribution in [0.1, 0.15) is 0 Å². The molecule has 3 rings (SSSR count). The van der Waals surface area contributed by atoms with Crippen LogP contribution in [0.4, 0.5) is 17.2 Å². The van der Waals surface area contributed by atoms with Gasteiger partial charge in [-0.25, -0.2) is 9.97 Å². The van der Waals surface area contributed by atoms with Crippen LogP contribution >= 0.6 is 0 Å². The summed E-state index contributed by atoms with van der Waals surface area (Å²) in [5, 5.41) is 10.9. The molecule has 19 heavy (non-hydrogen) atoms. The number of anilines is 3. The molecule has 3 aromatic rings. The number of H-pyrrole nitrogens is 1. The number of rotatable bonds is 3. The highest BCUT2D eigenvalue weighted by Gasteiger charge is 2.05. The van der Waals surface area contributed by atoms with Crippen LogP contribution in [0.2, 0.25) is 0 Å². The minimum Gasteiger partial charge on any atom is -0.378 e. The first-order chi connectivity index (χ1) is 9.24. The van der Waals surface area contributed by atoms with Crippen LogP contribution in [0.3, 0.4) is 0 Å². The fraction of sp³-hybridized carbons (Fsp3) is 0.154. The smallest absolute Gasteiger partial charge is 0.160 e. The topological polar surface area (TPSA) is 69.7 Å². The van der Waals surface area contributed by atoms with Crippen LogP contribution in [0.25, 0.3) is 11.0 Å². The average molecular weight is 254 g/mol. The molecule has 0 radical (unpaired) electrons. The summed E-state index contributed by atoms with van der Waals surface area (Å²) in [6.45, 7) is 0. The van der Waals surface area contributed by atoms with Crippen molar-refractivity contribution >= 4 is 28.2 Å². The molecule has 0 unspecified atom stereocenters. The van der Waals surface area contributed by atoms with Gasteiger partial charge in [-0.2, -0.15) is 5.10 Å². The Kier molecular flexibility index (Phi) is 2.75. The van der Waals surface area contributed by atoms with Gasteiger partial charge in [0.25, 0.3) is 0 Å². The molecule has 0 atom stereocenters. The van der Waals surface area contributed by atoms with Crippen molar-refractivity contribution in [3.05, 3.63) is 36.8 Å². The number of nitrogens with zero attached hydrogens (tertiary/aromatic N) is 4. The molecule has 0 aliphatic rings. The lowest BCUT2D eigenvalue weighted by Gasteiger charge is -2.13.